The van der Waals surface area contributed by atoms with Gasteiger partial charge in [-0.3, -0.25) is 24.7 Å². The molecule has 9 heteroatoms. The number of H-pyrrole nitrogens is 1. The molecule has 0 saturated carbocycles. The molecule has 30 heavy (non-hydrogen) atoms. The number of aromatic amines is 1. The molecule has 0 bridgehead atoms. The molecule has 2 fully saturated rings. The van der Waals surface area contributed by atoms with Crippen LogP contribution in [0.25, 0.3) is 0 Å². The highest BCUT2D eigenvalue weighted by molar-refractivity contribution is 5.95. The van der Waals surface area contributed by atoms with E-state index in [9.17, 15) is 9.59 Å². The SMILES string of the molecule is Cc1nc([C@]23CN(C(=O)c4cccnc4)C[C@H]2CN(C(=O)c2ccccn2)C3)n[nH]1. The van der Waals surface area contributed by atoms with Gasteiger partial charge in [0.15, 0.2) is 5.82 Å². The summed E-state index contributed by atoms with van der Waals surface area (Å²) in [6.07, 6.45) is 4.85. The summed E-state index contributed by atoms with van der Waals surface area (Å²) in [5.41, 5.74) is 0.467. The Hall–Kier alpha value is -3.62. The molecule has 0 unspecified atom stereocenters. The molecular formula is C21H21N7O2. The zero-order chi connectivity index (χ0) is 20.7. The monoisotopic (exact) mass is 403 g/mol. The third-order valence-corrected chi connectivity index (χ3v) is 6.02. The number of rotatable bonds is 3. The summed E-state index contributed by atoms with van der Waals surface area (Å²) < 4.78 is 0. The lowest BCUT2D eigenvalue weighted by atomic mass is 9.80. The van der Waals surface area contributed by atoms with E-state index in [-0.39, 0.29) is 17.7 Å². The molecule has 2 aliphatic rings. The average Bonchev–Trinajstić information content (AvgIpc) is 3.46. The Kier molecular flexibility index (Phi) is 4.30. The zero-order valence-electron chi connectivity index (χ0n) is 16.5. The largest absolute Gasteiger partial charge is 0.337 e. The minimum absolute atomic E-state index is 0.0426. The summed E-state index contributed by atoms with van der Waals surface area (Å²) in [6.45, 7) is 3.81. The first-order valence-electron chi connectivity index (χ1n) is 9.86. The number of carbonyl (C=O) groups excluding carboxylic acids is 2. The average molecular weight is 403 g/mol. The molecule has 5 heterocycles. The van der Waals surface area contributed by atoms with Gasteiger partial charge in [0.1, 0.15) is 11.5 Å². The standard InChI is InChI=1S/C21H21N7O2/c1-14-24-20(26-25-14)21-12-27(18(29)15-5-4-7-22-9-15)10-16(21)11-28(13-21)19(30)17-6-2-3-8-23-17/h2-9,16H,10-13H2,1H3,(H,24,25,26)/t16-,21-/m0/s1. The molecule has 2 aliphatic heterocycles. The van der Waals surface area contributed by atoms with Crippen LogP contribution >= 0.6 is 0 Å². The van der Waals surface area contributed by atoms with E-state index in [1.54, 1.807) is 48.9 Å². The molecule has 0 aromatic carbocycles. The maximum atomic E-state index is 13.0. The van der Waals surface area contributed by atoms with Crippen molar-refractivity contribution in [3.63, 3.8) is 0 Å². The van der Waals surface area contributed by atoms with Crippen molar-refractivity contribution in [3.8, 4) is 0 Å². The third kappa shape index (κ3) is 2.94. The Balaban J connectivity index is 1.45. The fourth-order valence-electron chi connectivity index (χ4n) is 4.58. The number of nitrogens with one attached hydrogen (secondary N) is 1. The van der Waals surface area contributed by atoms with Crippen molar-refractivity contribution in [2.75, 3.05) is 26.2 Å². The third-order valence-electron chi connectivity index (χ3n) is 6.02. The molecule has 2 saturated heterocycles. The molecule has 2 atom stereocenters. The summed E-state index contributed by atoms with van der Waals surface area (Å²) in [5.74, 6) is 1.24. The second-order valence-corrected chi connectivity index (χ2v) is 7.93. The maximum absolute atomic E-state index is 13.0. The minimum Gasteiger partial charge on any atom is -0.337 e. The lowest BCUT2D eigenvalue weighted by Gasteiger charge is -2.26. The highest BCUT2D eigenvalue weighted by atomic mass is 16.2. The van der Waals surface area contributed by atoms with Gasteiger partial charge in [-0.05, 0) is 31.2 Å². The second kappa shape index (κ2) is 7.01. The Morgan fingerprint density at radius 2 is 1.87 bits per heavy atom. The molecule has 152 valence electrons. The fraction of sp³-hybridized carbons (Fsp3) is 0.333. The zero-order valence-corrected chi connectivity index (χ0v) is 16.5. The number of hydrogen-bond donors (Lipinski definition) is 1. The van der Waals surface area contributed by atoms with E-state index in [2.05, 4.69) is 25.1 Å². The van der Waals surface area contributed by atoms with E-state index in [1.807, 2.05) is 16.7 Å². The number of fused-ring (bicyclic) bond motifs is 1. The van der Waals surface area contributed by atoms with E-state index < -0.39 is 5.41 Å². The molecule has 5 rings (SSSR count). The summed E-state index contributed by atoms with van der Waals surface area (Å²) in [6, 6.07) is 8.84. The van der Waals surface area contributed by atoms with Crippen LogP contribution in [0, 0.1) is 12.8 Å². The first-order chi connectivity index (χ1) is 14.6. The van der Waals surface area contributed by atoms with E-state index >= 15 is 0 Å². The Morgan fingerprint density at radius 1 is 1.07 bits per heavy atom. The number of nitrogens with zero attached hydrogens (tertiary/aromatic N) is 6. The van der Waals surface area contributed by atoms with Crippen LogP contribution < -0.4 is 0 Å². The lowest BCUT2D eigenvalue weighted by molar-refractivity contribution is 0.0728. The van der Waals surface area contributed by atoms with Gasteiger partial charge in [0, 0.05) is 50.7 Å². The van der Waals surface area contributed by atoms with Crippen LogP contribution in [0.2, 0.25) is 0 Å². The highest BCUT2D eigenvalue weighted by Gasteiger charge is 2.57. The Morgan fingerprint density at radius 3 is 2.50 bits per heavy atom. The lowest BCUT2D eigenvalue weighted by Crippen LogP contribution is -2.42. The van der Waals surface area contributed by atoms with Crippen molar-refractivity contribution in [2.45, 2.75) is 12.3 Å². The summed E-state index contributed by atoms with van der Waals surface area (Å²) in [4.78, 5) is 42.5. The van der Waals surface area contributed by atoms with Gasteiger partial charge in [-0.15, -0.1) is 0 Å². The smallest absolute Gasteiger partial charge is 0.272 e. The van der Waals surface area contributed by atoms with Crippen molar-refractivity contribution in [3.05, 3.63) is 71.8 Å². The number of pyridine rings is 2. The van der Waals surface area contributed by atoms with Crippen LogP contribution in [0.4, 0.5) is 0 Å². The molecule has 3 aromatic rings. The van der Waals surface area contributed by atoms with Gasteiger partial charge in [0.05, 0.1) is 11.0 Å². The van der Waals surface area contributed by atoms with E-state index in [0.717, 1.165) is 0 Å². The van der Waals surface area contributed by atoms with E-state index in [0.29, 0.717) is 49.1 Å². The minimum atomic E-state index is -0.507. The summed E-state index contributed by atoms with van der Waals surface area (Å²) in [5, 5.41) is 7.34. The first kappa shape index (κ1) is 18.4. The van der Waals surface area contributed by atoms with Gasteiger partial charge in [0.2, 0.25) is 0 Å². The quantitative estimate of drug-likeness (QED) is 0.701. The van der Waals surface area contributed by atoms with Crippen molar-refractivity contribution < 1.29 is 9.59 Å². The number of amides is 2. The number of likely N-dealkylation sites (tertiary alicyclic amines) is 2. The Labute approximate surface area is 173 Å². The van der Waals surface area contributed by atoms with Crippen LogP contribution in [-0.4, -0.2) is 72.9 Å². The van der Waals surface area contributed by atoms with Crippen molar-refractivity contribution in [1.29, 1.82) is 0 Å². The molecule has 0 radical (unpaired) electrons. The molecule has 0 aliphatic carbocycles. The van der Waals surface area contributed by atoms with Crippen LogP contribution in [-0.2, 0) is 5.41 Å². The first-order valence-corrected chi connectivity index (χ1v) is 9.86. The van der Waals surface area contributed by atoms with Gasteiger partial charge in [0.25, 0.3) is 11.8 Å². The highest BCUT2D eigenvalue weighted by Crippen LogP contribution is 2.44. The Bertz CT molecular complexity index is 1020. The molecule has 3 aromatic heterocycles. The fourth-order valence-corrected chi connectivity index (χ4v) is 4.58. The van der Waals surface area contributed by atoms with Gasteiger partial charge in [-0.1, -0.05) is 6.07 Å². The van der Waals surface area contributed by atoms with Crippen LogP contribution in [0.5, 0.6) is 0 Å². The van der Waals surface area contributed by atoms with E-state index in [1.165, 1.54) is 0 Å². The van der Waals surface area contributed by atoms with Crippen LogP contribution in [0.15, 0.2) is 48.9 Å². The van der Waals surface area contributed by atoms with Crippen molar-refractivity contribution in [2.24, 2.45) is 5.92 Å². The van der Waals surface area contributed by atoms with Crippen molar-refractivity contribution >= 4 is 11.8 Å². The van der Waals surface area contributed by atoms with Gasteiger partial charge in [-0.25, -0.2) is 4.98 Å². The second-order valence-electron chi connectivity index (χ2n) is 7.93. The molecule has 9 nitrogen and oxygen atoms in total. The summed E-state index contributed by atoms with van der Waals surface area (Å²) >= 11 is 0. The predicted molar refractivity (Wildman–Crippen MR) is 107 cm³/mol. The van der Waals surface area contributed by atoms with Crippen LogP contribution in [0.3, 0.4) is 0 Å². The number of aryl methyl sites for hydroxylation is 1. The normalized spacial score (nSPS) is 22.9. The molecular weight excluding hydrogens is 382 g/mol. The molecule has 2 amide bonds. The van der Waals surface area contributed by atoms with Gasteiger partial charge in [-0.2, -0.15) is 5.10 Å². The predicted octanol–water partition coefficient (Wildman–Crippen LogP) is 1.07. The maximum Gasteiger partial charge on any atom is 0.272 e. The number of carbonyl (C=O) groups is 2. The van der Waals surface area contributed by atoms with E-state index in [4.69, 9.17) is 0 Å². The number of aromatic nitrogens is 5. The van der Waals surface area contributed by atoms with Crippen molar-refractivity contribution in [1.82, 2.24) is 34.9 Å². The summed E-state index contributed by atoms with van der Waals surface area (Å²) in [7, 11) is 0. The van der Waals surface area contributed by atoms with Gasteiger partial charge >= 0.3 is 0 Å². The number of hydrogen-bond acceptors (Lipinski definition) is 6. The van der Waals surface area contributed by atoms with Gasteiger partial charge < -0.3 is 9.80 Å². The topological polar surface area (TPSA) is 108 Å². The molecule has 0 spiro atoms. The van der Waals surface area contributed by atoms with Crippen LogP contribution in [0.1, 0.15) is 32.5 Å². The molecule has 1 N–H and O–H groups in total.